The lowest BCUT2D eigenvalue weighted by molar-refractivity contribution is 0.0781. The quantitative estimate of drug-likeness (QED) is 0.547. The number of rotatable bonds is 3. The van der Waals surface area contributed by atoms with Crippen molar-refractivity contribution in [3.8, 4) is 5.75 Å². The number of halogens is 3. The highest BCUT2D eigenvalue weighted by Crippen LogP contribution is 2.37. The first-order valence-corrected chi connectivity index (χ1v) is 12.2. The van der Waals surface area contributed by atoms with Crippen molar-refractivity contribution < 1.29 is 18.3 Å². The molecule has 0 unspecified atom stereocenters. The first-order chi connectivity index (χ1) is 16.3. The van der Waals surface area contributed by atoms with Crippen LogP contribution in [0.15, 0.2) is 57.0 Å². The van der Waals surface area contributed by atoms with Gasteiger partial charge in [-0.1, -0.05) is 17.7 Å². The third-order valence-corrected chi connectivity index (χ3v) is 7.59. The van der Waals surface area contributed by atoms with Crippen molar-refractivity contribution in [1.82, 2.24) is 9.80 Å². The van der Waals surface area contributed by atoms with Crippen molar-refractivity contribution >= 4 is 23.2 Å². The van der Waals surface area contributed by atoms with Crippen molar-refractivity contribution in [1.29, 1.82) is 0 Å². The van der Waals surface area contributed by atoms with Crippen molar-refractivity contribution in [2.45, 2.75) is 58.2 Å². The number of aliphatic imine (C=N–C) groups is 1. The van der Waals surface area contributed by atoms with Crippen LogP contribution >= 0.6 is 11.6 Å². The van der Waals surface area contributed by atoms with Crippen LogP contribution in [0.25, 0.3) is 0 Å². The maximum Gasteiger partial charge on any atom is 0.258 e. The molecule has 1 aromatic carbocycles. The van der Waals surface area contributed by atoms with Crippen LogP contribution in [-0.2, 0) is 0 Å². The molecule has 0 atom stereocenters. The van der Waals surface area contributed by atoms with Crippen molar-refractivity contribution in [2.24, 2.45) is 4.99 Å². The van der Waals surface area contributed by atoms with Gasteiger partial charge in [-0.05, 0) is 63.7 Å². The maximum atomic E-state index is 14.1. The maximum absolute atomic E-state index is 14.1. The van der Waals surface area contributed by atoms with E-state index in [0.717, 1.165) is 41.3 Å². The SMILES string of the molecule is CC1=NC2=C3CN(C(=O)c4ccc(F)cc4OC4CCC(F)CC4)CC3=CCCN2C(C)=C1Cl. The number of hydrogen-bond donors (Lipinski definition) is 0. The number of alkyl halides is 1. The molecule has 5 nitrogen and oxygen atoms in total. The van der Waals surface area contributed by atoms with E-state index in [1.807, 2.05) is 13.8 Å². The third-order valence-electron chi connectivity index (χ3n) is 7.04. The average molecular weight is 488 g/mol. The van der Waals surface area contributed by atoms with Gasteiger partial charge in [0, 0.05) is 30.4 Å². The summed E-state index contributed by atoms with van der Waals surface area (Å²) in [5.74, 6) is 0.387. The van der Waals surface area contributed by atoms with E-state index in [1.165, 1.54) is 18.2 Å². The van der Waals surface area contributed by atoms with E-state index in [0.29, 0.717) is 49.4 Å². The largest absolute Gasteiger partial charge is 0.489 e. The Morgan fingerprint density at radius 1 is 1.18 bits per heavy atom. The number of carbonyl (C=O) groups is 1. The molecule has 8 heteroatoms. The molecule has 0 bridgehead atoms. The van der Waals surface area contributed by atoms with Crippen LogP contribution in [0, 0.1) is 5.82 Å². The van der Waals surface area contributed by atoms with Gasteiger partial charge in [-0.2, -0.15) is 0 Å². The Kier molecular flexibility index (Phi) is 6.23. The van der Waals surface area contributed by atoms with E-state index in [4.69, 9.17) is 21.3 Å². The second-order valence-electron chi connectivity index (χ2n) is 9.36. The molecule has 180 valence electrons. The Hall–Kier alpha value is -2.67. The highest BCUT2D eigenvalue weighted by molar-refractivity contribution is 6.43. The molecular weight excluding hydrogens is 460 g/mol. The molecule has 2 fully saturated rings. The number of benzene rings is 1. The lowest BCUT2D eigenvalue weighted by Crippen LogP contribution is -2.31. The molecule has 3 heterocycles. The predicted octanol–water partition coefficient (Wildman–Crippen LogP) is 5.73. The Labute approximate surface area is 203 Å². The first-order valence-electron chi connectivity index (χ1n) is 11.8. The van der Waals surface area contributed by atoms with Gasteiger partial charge in [-0.15, -0.1) is 0 Å². The summed E-state index contributed by atoms with van der Waals surface area (Å²) in [6.07, 6.45) is 3.92. The Morgan fingerprint density at radius 3 is 2.71 bits per heavy atom. The van der Waals surface area contributed by atoms with Gasteiger partial charge < -0.3 is 14.5 Å². The van der Waals surface area contributed by atoms with Gasteiger partial charge >= 0.3 is 0 Å². The van der Waals surface area contributed by atoms with E-state index < -0.39 is 12.0 Å². The number of ether oxygens (including phenoxy) is 1. The minimum atomic E-state index is -0.813. The molecule has 1 aromatic rings. The van der Waals surface area contributed by atoms with Gasteiger partial charge in [0.1, 0.15) is 23.6 Å². The van der Waals surface area contributed by atoms with Crippen LogP contribution in [0.5, 0.6) is 5.75 Å². The summed E-state index contributed by atoms with van der Waals surface area (Å²) in [7, 11) is 0. The van der Waals surface area contributed by atoms with Crippen LogP contribution in [-0.4, -0.2) is 53.3 Å². The second-order valence-corrected chi connectivity index (χ2v) is 9.74. The highest BCUT2D eigenvalue weighted by atomic mass is 35.5. The Bertz CT molecular complexity index is 1150. The molecule has 0 aromatic heterocycles. The van der Waals surface area contributed by atoms with Gasteiger partial charge in [0.05, 0.1) is 29.0 Å². The normalized spacial score (nSPS) is 25.0. The molecule has 0 spiro atoms. The number of hydrogen-bond acceptors (Lipinski definition) is 4. The van der Waals surface area contributed by atoms with Gasteiger partial charge in [0.15, 0.2) is 0 Å². The Balaban J connectivity index is 1.42. The van der Waals surface area contributed by atoms with E-state index in [2.05, 4.69) is 11.0 Å². The molecule has 5 rings (SSSR count). The lowest BCUT2D eigenvalue weighted by Gasteiger charge is -2.30. The van der Waals surface area contributed by atoms with Crippen LogP contribution < -0.4 is 4.74 Å². The van der Waals surface area contributed by atoms with Crippen LogP contribution in [0.4, 0.5) is 8.78 Å². The number of likely N-dealkylation sites (tertiary alicyclic amines) is 1. The molecule has 1 aliphatic carbocycles. The zero-order chi connectivity index (χ0) is 24.0. The topological polar surface area (TPSA) is 45.1 Å². The molecule has 3 aliphatic heterocycles. The molecule has 0 N–H and O–H groups in total. The summed E-state index contributed by atoms with van der Waals surface area (Å²) in [5.41, 5.74) is 4.15. The molecule has 1 amide bonds. The summed E-state index contributed by atoms with van der Waals surface area (Å²) < 4.78 is 33.6. The number of carbonyl (C=O) groups excluding carboxylic acids is 1. The monoisotopic (exact) mass is 487 g/mol. The Morgan fingerprint density at radius 2 is 1.94 bits per heavy atom. The average Bonchev–Trinajstić information content (AvgIpc) is 3.16. The fourth-order valence-corrected chi connectivity index (χ4v) is 5.28. The van der Waals surface area contributed by atoms with Gasteiger partial charge in [0.2, 0.25) is 0 Å². The summed E-state index contributed by atoms with van der Waals surface area (Å²) >= 11 is 6.45. The predicted molar refractivity (Wildman–Crippen MR) is 128 cm³/mol. The lowest BCUT2D eigenvalue weighted by atomic mass is 9.96. The molecule has 4 aliphatic rings. The fourth-order valence-electron chi connectivity index (χ4n) is 5.13. The van der Waals surface area contributed by atoms with E-state index >= 15 is 0 Å². The van der Waals surface area contributed by atoms with Gasteiger partial charge in [0.25, 0.3) is 5.91 Å². The van der Waals surface area contributed by atoms with Crippen LogP contribution in [0.1, 0.15) is 56.3 Å². The van der Waals surface area contributed by atoms with E-state index in [9.17, 15) is 13.6 Å². The zero-order valence-electron chi connectivity index (χ0n) is 19.4. The fraction of sp³-hybridized carbons (Fsp3) is 0.462. The number of fused-ring (bicyclic) bond motifs is 2. The third kappa shape index (κ3) is 4.26. The van der Waals surface area contributed by atoms with Crippen molar-refractivity contribution in [3.63, 3.8) is 0 Å². The van der Waals surface area contributed by atoms with Crippen molar-refractivity contribution in [2.75, 3.05) is 19.6 Å². The number of nitrogens with zero attached hydrogens (tertiary/aromatic N) is 3. The molecular formula is C26H28ClF2N3O2. The second kappa shape index (κ2) is 9.17. The minimum absolute atomic E-state index is 0.217. The van der Waals surface area contributed by atoms with E-state index in [-0.39, 0.29) is 17.8 Å². The van der Waals surface area contributed by atoms with Crippen LogP contribution in [0.3, 0.4) is 0 Å². The zero-order valence-corrected chi connectivity index (χ0v) is 20.2. The summed E-state index contributed by atoms with van der Waals surface area (Å²) in [4.78, 5) is 22.2. The number of allylic oxidation sites excluding steroid dienone is 2. The molecule has 1 saturated heterocycles. The number of amides is 1. The highest BCUT2D eigenvalue weighted by Gasteiger charge is 2.35. The summed E-state index contributed by atoms with van der Waals surface area (Å²) in [5, 5.41) is 0.661. The molecule has 0 radical (unpaired) electrons. The summed E-state index contributed by atoms with van der Waals surface area (Å²) in [6.45, 7) is 5.53. The standard InChI is InChI=1S/C26H28ClF2N3O2/c1-15-24(27)16(2)32-11-3-4-17-13-31(14-22(17)25(32)30-15)26(33)21-10-7-19(29)12-23(21)34-20-8-5-18(28)6-9-20/h4,7,10,12,18,20H,3,5-6,8-9,11,13-14H2,1-2H3. The van der Waals surface area contributed by atoms with E-state index in [1.54, 1.807) is 4.90 Å². The minimum Gasteiger partial charge on any atom is -0.489 e. The van der Waals surface area contributed by atoms with Crippen molar-refractivity contribution in [3.05, 3.63) is 63.4 Å². The smallest absolute Gasteiger partial charge is 0.258 e. The first kappa shape index (κ1) is 23.1. The summed E-state index contributed by atoms with van der Waals surface area (Å²) in [6, 6.07) is 4.02. The van der Waals surface area contributed by atoms with Gasteiger partial charge in [-0.25, -0.2) is 13.8 Å². The van der Waals surface area contributed by atoms with Gasteiger partial charge in [-0.3, -0.25) is 4.79 Å². The molecule has 34 heavy (non-hydrogen) atoms. The van der Waals surface area contributed by atoms with Crippen LogP contribution in [0.2, 0.25) is 0 Å². The molecule has 1 saturated carbocycles.